The molecule has 4 aromatic heterocycles. The van der Waals surface area contributed by atoms with Gasteiger partial charge in [0.05, 0.1) is 33.3 Å². The Morgan fingerprint density at radius 3 is 1.60 bits per heavy atom. The first-order valence-corrected chi connectivity index (χ1v) is 17.5. The van der Waals surface area contributed by atoms with Crippen molar-refractivity contribution in [2.24, 2.45) is 0 Å². The van der Waals surface area contributed by atoms with Gasteiger partial charge < -0.3 is 4.57 Å². The van der Waals surface area contributed by atoms with Crippen LogP contribution in [0.4, 0.5) is 0 Å². The lowest BCUT2D eigenvalue weighted by Gasteiger charge is -2.14. The molecule has 0 atom stereocenters. The second kappa shape index (κ2) is 11.8. The lowest BCUT2D eigenvalue weighted by Crippen LogP contribution is -2.11. The fraction of sp³-hybridized carbons (Fsp3) is 0.0217. The van der Waals surface area contributed by atoms with Crippen LogP contribution in [0.3, 0.4) is 0 Å². The minimum absolute atomic E-state index is 0.513. The molecule has 0 saturated carbocycles. The van der Waals surface area contributed by atoms with Crippen molar-refractivity contribution in [1.29, 1.82) is 0 Å². The van der Waals surface area contributed by atoms with Crippen LogP contribution in [0.2, 0.25) is 0 Å². The fourth-order valence-corrected chi connectivity index (χ4v) is 7.87. The molecule has 0 amide bonds. The zero-order chi connectivity index (χ0) is 34.8. The molecule has 0 radical (unpaired) electrons. The highest BCUT2D eigenvalue weighted by molar-refractivity contribution is 6.20. The molecule has 10 aromatic rings. The van der Waals surface area contributed by atoms with Crippen LogP contribution < -0.4 is 0 Å². The molecule has 6 nitrogen and oxygen atoms in total. The zero-order valence-corrected chi connectivity index (χ0v) is 28.5. The average Bonchev–Trinajstić information content (AvgIpc) is 3.84. The number of rotatable bonds is 6. The Labute approximate surface area is 299 Å². The lowest BCUT2D eigenvalue weighted by molar-refractivity contribution is 0.877. The van der Waals surface area contributed by atoms with Gasteiger partial charge in [0, 0.05) is 43.7 Å². The largest absolute Gasteiger partial charge is 0.307 e. The maximum absolute atomic E-state index is 5.39. The molecule has 52 heavy (non-hydrogen) atoms. The predicted octanol–water partition coefficient (Wildman–Crippen LogP) is 11.4. The molecular weight excluding hydrogens is 637 g/mol. The molecule has 0 aliphatic heterocycles. The van der Waals surface area contributed by atoms with E-state index in [4.69, 9.17) is 15.0 Å². The third kappa shape index (κ3) is 4.34. The standard InChI is InChI=1S/C46H32N6/c1-3-17-32-36-28-29-37-35-24-13-14-25-39(35)50(31-20-9-6-10-21-31)42(37)43(36)52(38(32)4-2)46-48-44(30-18-7-5-8-19-30)47-45(49-46)51-40-26-15-11-22-33(40)34-23-12-16-27-41(34)51/h3-29H,2H2,1H3/b17-3-. The Balaban J connectivity index is 1.40. The molecule has 10 rings (SSSR count). The van der Waals surface area contributed by atoms with Crippen molar-refractivity contribution in [2.45, 2.75) is 6.92 Å². The van der Waals surface area contributed by atoms with E-state index in [1.807, 2.05) is 43.3 Å². The highest BCUT2D eigenvalue weighted by Gasteiger charge is 2.25. The Kier molecular flexibility index (Phi) is 6.76. The Bertz CT molecular complexity index is 2980. The zero-order valence-electron chi connectivity index (χ0n) is 28.5. The second-order valence-electron chi connectivity index (χ2n) is 12.9. The maximum Gasteiger partial charge on any atom is 0.240 e. The van der Waals surface area contributed by atoms with Gasteiger partial charge in [0.1, 0.15) is 0 Å². The van der Waals surface area contributed by atoms with Crippen LogP contribution in [0.1, 0.15) is 18.2 Å². The molecule has 0 bridgehead atoms. The topological polar surface area (TPSA) is 53.5 Å². The summed E-state index contributed by atoms with van der Waals surface area (Å²) in [6.07, 6.45) is 6.16. The summed E-state index contributed by atoms with van der Waals surface area (Å²) in [5.41, 5.74) is 9.20. The second-order valence-corrected chi connectivity index (χ2v) is 12.9. The first-order valence-electron chi connectivity index (χ1n) is 17.5. The van der Waals surface area contributed by atoms with E-state index in [0.29, 0.717) is 17.7 Å². The maximum atomic E-state index is 5.39. The summed E-state index contributed by atoms with van der Waals surface area (Å²) in [4.78, 5) is 15.9. The summed E-state index contributed by atoms with van der Waals surface area (Å²) >= 11 is 0. The summed E-state index contributed by atoms with van der Waals surface area (Å²) in [6.45, 7) is 6.40. The number of para-hydroxylation sites is 4. The van der Waals surface area contributed by atoms with Gasteiger partial charge in [-0.2, -0.15) is 15.0 Å². The van der Waals surface area contributed by atoms with E-state index < -0.39 is 0 Å². The van der Waals surface area contributed by atoms with Crippen LogP contribution in [-0.4, -0.2) is 28.7 Å². The van der Waals surface area contributed by atoms with Gasteiger partial charge in [-0.25, -0.2) is 0 Å². The number of allylic oxidation sites excluding steroid dienone is 1. The third-order valence-corrected chi connectivity index (χ3v) is 10.0. The van der Waals surface area contributed by atoms with Crippen molar-refractivity contribution < 1.29 is 0 Å². The molecule has 0 fully saturated rings. The van der Waals surface area contributed by atoms with E-state index >= 15 is 0 Å². The summed E-state index contributed by atoms with van der Waals surface area (Å²) in [6, 6.07) is 50.7. The molecule has 6 heteroatoms. The molecule has 0 unspecified atom stereocenters. The van der Waals surface area contributed by atoms with Crippen molar-refractivity contribution in [1.82, 2.24) is 28.7 Å². The number of aromatic nitrogens is 6. The van der Waals surface area contributed by atoms with Crippen LogP contribution in [-0.2, 0) is 0 Å². The molecule has 6 aromatic carbocycles. The van der Waals surface area contributed by atoms with Crippen LogP contribution in [0, 0.1) is 0 Å². The predicted molar refractivity (Wildman–Crippen MR) is 216 cm³/mol. The van der Waals surface area contributed by atoms with Crippen molar-refractivity contribution in [3.05, 3.63) is 170 Å². The van der Waals surface area contributed by atoms with Crippen LogP contribution in [0.5, 0.6) is 0 Å². The van der Waals surface area contributed by atoms with Crippen LogP contribution in [0.15, 0.2) is 158 Å². The summed E-state index contributed by atoms with van der Waals surface area (Å²) in [7, 11) is 0. The van der Waals surface area contributed by atoms with Crippen molar-refractivity contribution in [3.63, 3.8) is 0 Å². The molecule has 0 aliphatic carbocycles. The highest BCUT2D eigenvalue weighted by Crippen LogP contribution is 2.41. The van der Waals surface area contributed by atoms with Gasteiger partial charge in [0.2, 0.25) is 11.9 Å². The minimum Gasteiger partial charge on any atom is -0.307 e. The van der Waals surface area contributed by atoms with Gasteiger partial charge in [0.25, 0.3) is 0 Å². The van der Waals surface area contributed by atoms with E-state index in [1.165, 1.54) is 5.39 Å². The highest BCUT2D eigenvalue weighted by atomic mass is 15.3. The molecule has 0 saturated heterocycles. The van der Waals surface area contributed by atoms with E-state index in [1.54, 1.807) is 0 Å². The molecule has 4 heterocycles. The van der Waals surface area contributed by atoms with E-state index in [0.717, 1.165) is 71.6 Å². The quantitative estimate of drug-likeness (QED) is 0.177. The van der Waals surface area contributed by atoms with Crippen molar-refractivity contribution in [2.75, 3.05) is 0 Å². The first kappa shape index (κ1) is 29.8. The molecule has 246 valence electrons. The number of hydrogen-bond donors (Lipinski definition) is 0. The van der Waals surface area contributed by atoms with Crippen molar-refractivity contribution in [3.8, 4) is 29.0 Å². The van der Waals surface area contributed by atoms with Gasteiger partial charge in [-0.05, 0) is 43.3 Å². The summed E-state index contributed by atoms with van der Waals surface area (Å²) < 4.78 is 6.71. The smallest absolute Gasteiger partial charge is 0.240 e. The number of benzene rings is 6. The van der Waals surface area contributed by atoms with Gasteiger partial charge >= 0.3 is 0 Å². The lowest BCUT2D eigenvalue weighted by atomic mass is 10.1. The third-order valence-electron chi connectivity index (χ3n) is 10.0. The van der Waals surface area contributed by atoms with Gasteiger partial charge in [-0.15, -0.1) is 0 Å². The Morgan fingerprint density at radius 2 is 0.981 bits per heavy atom. The SMILES string of the molecule is C=Cc1c(/C=C\C)c2ccc3c4ccccc4n(-c4ccccc4)c3c2n1-c1nc(-c2ccccc2)nc(-n2c3ccccc3c3ccccc32)n1. The van der Waals surface area contributed by atoms with Gasteiger partial charge in [-0.3, -0.25) is 9.13 Å². The van der Waals surface area contributed by atoms with E-state index in [9.17, 15) is 0 Å². The minimum atomic E-state index is 0.513. The van der Waals surface area contributed by atoms with Gasteiger partial charge in [-0.1, -0.05) is 134 Å². The molecule has 0 spiro atoms. The van der Waals surface area contributed by atoms with Crippen molar-refractivity contribution >= 4 is 66.7 Å². The first-order chi connectivity index (χ1) is 25.7. The van der Waals surface area contributed by atoms with Crippen LogP contribution in [0.25, 0.3) is 95.6 Å². The molecule has 0 N–H and O–H groups in total. The number of hydrogen-bond acceptors (Lipinski definition) is 3. The Hall–Kier alpha value is -7.05. The molecule has 0 aliphatic rings. The average molecular weight is 669 g/mol. The summed E-state index contributed by atoms with van der Waals surface area (Å²) in [5, 5.41) is 5.69. The van der Waals surface area contributed by atoms with E-state index in [2.05, 4.69) is 148 Å². The monoisotopic (exact) mass is 668 g/mol. The molecular formula is C46H32N6. The fourth-order valence-electron chi connectivity index (χ4n) is 7.87. The van der Waals surface area contributed by atoms with Crippen LogP contribution >= 0.6 is 0 Å². The van der Waals surface area contributed by atoms with E-state index in [-0.39, 0.29) is 0 Å². The van der Waals surface area contributed by atoms with Gasteiger partial charge in [0.15, 0.2) is 5.82 Å². The number of nitrogens with zero attached hydrogens (tertiary/aromatic N) is 6. The Morgan fingerprint density at radius 1 is 0.481 bits per heavy atom. The normalized spacial score (nSPS) is 11.9. The summed E-state index contributed by atoms with van der Waals surface area (Å²) in [5.74, 6) is 1.64. The number of fused-ring (bicyclic) bond motifs is 8.